The van der Waals surface area contributed by atoms with Gasteiger partial charge in [0, 0.05) is 34.7 Å². The molecule has 1 N–H and O–H groups in total. The van der Waals surface area contributed by atoms with Crippen LogP contribution in [0.5, 0.6) is 0 Å². The van der Waals surface area contributed by atoms with Gasteiger partial charge < -0.3 is 5.32 Å². The molecule has 1 aromatic carbocycles. The highest BCUT2D eigenvalue weighted by Crippen LogP contribution is 2.30. The first kappa shape index (κ1) is 13.4. The number of hydrogen-bond donors (Lipinski definition) is 1. The van der Waals surface area contributed by atoms with Gasteiger partial charge in [-0.05, 0) is 6.07 Å². The van der Waals surface area contributed by atoms with Crippen molar-refractivity contribution >= 4 is 33.1 Å². The number of fused-ring (bicyclic) bond motifs is 1. The fourth-order valence-corrected chi connectivity index (χ4v) is 2.16. The molecule has 0 aliphatic carbocycles. The molecule has 0 aliphatic rings. The second kappa shape index (κ2) is 5.75. The van der Waals surface area contributed by atoms with Crippen LogP contribution in [0.4, 0.5) is 11.4 Å². The summed E-state index contributed by atoms with van der Waals surface area (Å²) in [6, 6.07) is 7.20. The summed E-state index contributed by atoms with van der Waals surface area (Å²) in [6.07, 6.45) is 2.84. The van der Waals surface area contributed by atoms with E-state index in [0.717, 1.165) is 0 Å². The third-order valence-electron chi connectivity index (χ3n) is 2.64. The van der Waals surface area contributed by atoms with E-state index in [0.29, 0.717) is 28.9 Å². The molecular formula is C12H13N3O3S. The van der Waals surface area contributed by atoms with E-state index in [2.05, 4.69) is 10.3 Å². The third-order valence-corrected chi connectivity index (χ3v) is 3.42. The average molecular weight is 279 g/mol. The topological polar surface area (TPSA) is 85.1 Å². The monoisotopic (exact) mass is 279 g/mol. The Morgan fingerprint density at radius 1 is 1.42 bits per heavy atom. The summed E-state index contributed by atoms with van der Waals surface area (Å²) in [5.74, 6) is 0.438. The Hall–Kier alpha value is -2.02. The number of nitro groups is 1. The zero-order valence-electron chi connectivity index (χ0n) is 10.3. The SMILES string of the molecule is CS(=O)CCNc1c([N+](=O)[O-])cnc2ccccc12. The van der Waals surface area contributed by atoms with Crippen LogP contribution >= 0.6 is 0 Å². The van der Waals surface area contributed by atoms with Crippen LogP contribution in [-0.4, -0.2) is 32.7 Å². The van der Waals surface area contributed by atoms with E-state index in [1.165, 1.54) is 6.20 Å². The summed E-state index contributed by atoms with van der Waals surface area (Å²) < 4.78 is 11.0. The van der Waals surface area contributed by atoms with Crippen LogP contribution in [0.2, 0.25) is 0 Å². The van der Waals surface area contributed by atoms with E-state index in [9.17, 15) is 14.3 Å². The van der Waals surface area contributed by atoms with Crippen molar-refractivity contribution in [2.75, 3.05) is 23.9 Å². The molecule has 6 nitrogen and oxygen atoms in total. The van der Waals surface area contributed by atoms with Crippen LogP contribution in [-0.2, 0) is 10.8 Å². The van der Waals surface area contributed by atoms with Crippen molar-refractivity contribution < 1.29 is 9.13 Å². The third kappa shape index (κ3) is 3.05. The predicted molar refractivity (Wildman–Crippen MR) is 75.8 cm³/mol. The molecule has 1 aromatic heterocycles. The highest BCUT2D eigenvalue weighted by atomic mass is 32.2. The minimum Gasteiger partial charge on any atom is -0.378 e. The molecule has 0 saturated heterocycles. The minimum absolute atomic E-state index is 0.0689. The summed E-state index contributed by atoms with van der Waals surface area (Å²) in [4.78, 5) is 14.6. The Morgan fingerprint density at radius 2 is 2.16 bits per heavy atom. The fraction of sp³-hybridized carbons (Fsp3) is 0.250. The molecule has 1 atom stereocenters. The zero-order chi connectivity index (χ0) is 13.8. The molecule has 2 aromatic rings. The molecule has 7 heteroatoms. The molecule has 1 heterocycles. The van der Waals surface area contributed by atoms with Crippen molar-refractivity contribution in [3.63, 3.8) is 0 Å². The van der Waals surface area contributed by atoms with Crippen LogP contribution in [0.3, 0.4) is 0 Å². The highest BCUT2D eigenvalue weighted by molar-refractivity contribution is 7.84. The maximum atomic E-state index is 11.0. The first-order chi connectivity index (χ1) is 9.09. The van der Waals surface area contributed by atoms with Gasteiger partial charge in [-0.15, -0.1) is 0 Å². The Kier molecular flexibility index (Phi) is 4.06. The van der Waals surface area contributed by atoms with E-state index in [-0.39, 0.29) is 5.69 Å². The van der Waals surface area contributed by atoms with Gasteiger partial charge in [-0.25, -0.2) is 4.98 Å². The number of aromatic nitrogens is 1. The van der Waals surface area contributed by atoms with Crippen molar-refractivity contribution in [3.8, 4) is 0 Å². The Labute approximate surface area is 112 Å². The normalized spacial score (nSPS) is 12.3. The van der Waals surface area contributed by atoms with E-state index in [4.69, 9.17) is 0 Å². The molecular weight excluding hydrogens is 266 g/mol. The summed E-state index contributed by atoms with van der Waals surface area (Å²) in [5, 5.41) is 14.7. The number of pyridine rings is 1. The van der Waals surface area contributed by atoms with E-state index >= 15 is 0 Å². The fourth-order valence-electron chi connectivity index (χ4n) is 1.77. The first-order valence-corrected chi connectivity index (χ1v) is 7.38. The molecule has 2 rings (SSSR count). The molecule has 0 spiro atoms. The van der Waals surface area contributed by atoms with Gasteiger partial charge in [0.05, 0.1) is 10.4 Å². The summed E-state index contributed by atoms with van der Waals surface area (Å²) in [7, 11) is -0.938. The number of rotatable bonds is 5. The zero-order valence-corrected chi connectivity index (χ0v) is 11.1. The van der Waals surface area contributed by atoms with Gasteiger partial charge in [-0.1, -0.05) is 18.2 Å². The van der Waals surface area contributed by atoms with Crippen LogP contribution < -0.4 is 5.32 Å². The van der Waals surface area contributed by atoms with Gasteiger partial charge in [-0.2, -0.15) is 0 Å². The number of nitrogens with zero attached hydrogens (tertiary/aromatic N) is 2. The van der Waals surface area contributed by atoms with Crippen LogP contribution in [0.25, 0.3) is 10.9 Å². The maximum Gasteiger partial charge on any atom is 0.311 e. The Balaban J connectivity index is 2.43. The van der Waals surface area contributed by atoms with Gasteiger partial charge in [-0.3, -0.25) is 14.3 Å². The molecule has 1 unspecified atom stereocenters. The van der Waals surface area contributed by atoms with Crippen molar-refractivity contribution in [1.29, 1.82) is 0 Å². The lowest BCUT2D eigenvalue weighted by Crippen LogP contribution is -2.11. The molecule has 0 fully saturated rings. The number of para-hydroxylation sites is 1. The van der Waals surface area contributed by atoms with Crippen molar-refractivity contribution in [2.24, 2.45) is 0 Å². The molecule has 0 radical (unpaired) electrons. The molecule has 0 aliphatic heterocycles. The molecule has 0 bridgehead atoms. The quantitative estimate of drug-likeness (QED) is 0.667. The number of anilines is 1. The summed E-state index contributed by atoms with van der Waals surface area (Å²) in [5.41, 5.74) is 1.05. The largest absolute Gasteiger partial charge is 0.378 e. The summed E-state index contributed by atoms with van der Waals surface area (Å²) in [6.45, 7) is 0.415. The van der Waals surface area contributed by atoms with Crippen LogP contribution in [0.15, 0.2) is 30.5 Å². The lowest BCUT2D eigenvalue weighted by Gasteiger charge is -2.09. The van der Waals surface area contributed by atoms with E-state index in [1.54, 1.807) is 24.5 Å². The Morgan fingerprint density at radius 3 is 2.84 bits per heavy atom. The van der Waals surface area contributed by atoms with Gasteiger partial charge in [0.1, 0.15) is 11.9 Å². The van der Waals surface area contributed by atoms with E-state index in [1.807, 2.05) is 6.07 Å². The second-order valence-corrected chi connectivity index (χ2v) is 5.55. The van der Waals surface area contributed by atoms with Crippen LogP contribution in [0, 0.1) is 10.1 Å². The smallest absolute Gasteiger partial charge is 0.311 e. The van der Waals surface area contributed by atoms with Gasteiger partial charge in [0.15, 0.2) is 0 Å². The average Bonchev–Trinajstić information content (AvgIpc) is 2.38. The molecule has 100 valence electrons. The number of hydrogen-bond acceptors (Lipinski definition) is 5. The van der Waals surface area contributed by atoms with Gasteiger partial charge in [0.25, 0.3) is 0 Å². The van der Waals surface area contributed by atoms with Gasteiger partial charge >= 0.3 is 5.69 Å². The molecule has 19 heavy (non-hydrogen) atoms. The lowest BCUT2D eigenvalue weighted by molar-refractivity contribution is -0.384. The number of benzene rings is 1. The first-order valence-electron chi connectivity index (χ1n) is 5.65. The molecule has 0 amide bonds. The van der Waals surface area contributed by atoms with Gasteiger partial charge in [0.2, 0.25) is 0 Å². The minimum atomic E-state index is -0.938. The van der Waals surface area contributed by atoms with Crippen molar-refractivity contribution in [3.05, 3.63) is 40.6 Å². The Bertz CT molecular complexity index is 645. The highest BCUT2D eigenvalue weighted by Gasteiger charge is 2.17. The van der Waals surface area contributed by atoms with Crippen molar-refractivity contribution in [1.82, 2.24) is 4.98 Å². The number of nitrogens with one attached hydrogen (secondary N) is 1. The maximum absolute atomic E-state index is 11.0. The summed E-state index contributed by atoms with van der Waals surface area (Å²) >= 11 is 0. The molecule has 0 saturated carbocycles. The predicted octanol–water partition coefficient (Wildman–Crippen LogP) is 1.93. The second-order valence-electron chi connectivity index (χ2n) is 4.00. The van der Waals surface area contributed by atoms with Crippen molar-refractivity contribution in [2.45, 2.75) is 0 Å². The van der Waals surface area contributed by atoms with E-state index < -0.39 is 15.7 Å². The van der Waals surface area contributed by atoms with Crippen LogP contribution in [0.1, 0.15) is 0 Å². The lowest BCUT2D eigenvalue weighted by atomic mass is 10.1. The standard InChI is InChI=1S/C12H13N3O3S/c1-19(18)7-6-13-12-9-4-2-3-5-10(9)14-8-11(12)15(16)17/h2-5,8H,6-7H2,1H3,(H,13,14).